The molecule has 0 saturated carbocycles. The number of morpholine rings is 1. The second kappa shape index (κ2) is 6.35. The summed E-state index contributed by atoms with van der Waals surface area (Å²) in [4.78, 5) is 22.9. The number of carboxylic acid groups (broad SMARTS) is 1. The second-order valence-corrected chi connectivity index (χ2v) is 5.39. The highest BCUT2D eigenvalue weighted by atomic mass is 79.9. The average molecular weight is 363 g/mol. The molecule has 1 fully saturated rings. The second-order valence-electron chi connectivity index (χ2n) is 4.53. The lowest BCUT2D eigenvalue weighted by Crippen LogP contribution is -2.47. The number of rotatable bonds is 4. The topological polar surface area (TPSA) is 92.9 Å². The Morgan fingerprint density at radius 2 is 2.33 bits per heavy atom. The SMILES string of the molecule is O=C(O)CC1COCCN1c1cc(Br)c(F)cc1[N+](=O)[O-]. The van der Waals surface area contributed by atoms with Crippen LogP contribution in [-0.2, 0) is 9.53 Å². The number of nitro benzene ring substituents is 1. The maximum absolute atomic E-state index is 13.5. The molecule has 2 rings (SSSR count). The molecule has 9 heteroatoms. The summed E-state index contributed by atoms with van der Waals surface area (Å²) in [5.41, 5.74) is -0.212. The molecule has 0 aliphatic carbocycles. The maximum atomic E-state index is 13.5. The van der Waals surface area contributed by atoms with Gasteiger partial charge in [-0.05, 0) is 22.0 Å². The van der Waals surface area contributed by atoms with Crippen LogP contribution >= 0.6 is 15.9 Å². The third kappa shape index (κ3) is 3.48. The quantitative estimate of drug-likeness (QED) is 0.651. The van der Waals surface area contributed by atoms with E-state index in [-0.39, 0.29) is 23.2 Å². The molecule has 0 amide bonds. The number of carbonyl (C=O) groups is 1. The van der Waals surface area contributed by atoms with Crippen molar-refractivity contribution in [3.63, 3.8) is 0 Å². The summed E-state index contributed by atoms with van der Waals surface area (Å²) in [7, 11) is 0. The number of hydrogen-bond donors (Lipinski definition) is 1. The van der Waals surface area contributed by atoms with Crippen molar-refractivity contribution in [1.82, 2.24) is 0 Å². The Labute approximate surface area is 127 Å². The van der Waals surface area contributed by atoms with Crippen LogP contribution < -0.4 is 4.90 Å². The monoisotopic (exact) mass is 362 g/mol. The van der Waals surface area contributed by atoms with E-state index in [1.807, 2.05) is 0 Å². The van der Waals surface area contributed by atoms with Crippen LogP contribution in [0.4, 0.5) is 15.8 Å². The Hall–Kier alpha value is -1.74. The van der Waals surface area contributed by atoms with Crippen molar-refractivity contribution in [1.29, 1.82) is 0 Å². The van der Waals surface area contributed by atoms with Gasteiger partial charge in [-0.2, -0.15) is 0 Å². The average Bonchev–Trinajstić information content (AvgIpc) is 2.41. The van der Waals surface area contributed by atoms with Crippen molar-refractivity contribution in [2.75, 3.05) is 24.7 Å². The first-order valence-electron chi connectivity index (χ1n) is 6.09. The van der Waals surface area contributed by atoms with E-state index in [2.05, 4.69) is 15.9 Å². The molecule has 1 N–H and O–H groups in total. The van der Waals surface area contributed by atoms with E-state index in [9.17, 15) is 19.3 Å². The lowest BCUT2D eigenvalue weighted by atomic mass is 10.1. The van der Waals surface area contributed by atoms with Crippen LogP contribution in [0.15, 0.2) is 16.6 Å². The molecular weight excluding hydrogens is 351 g/mol. The number of aliphatic carboxylic acids is 1. The first-order valence-corrected chi connectivity index (χ1v) is 6.89. The molecule has 1 heterocycles. The molecule has 114 valence electrons. The zero-order chi connectivity index (χ0) is 15.6. The summed E-state index contributed by atoms with van der Waals surface area (Å²) in [6.07, 6.45) is -0.216. The van der Waals surface area contributed by atoms with Crippen LogP contribution in [0.5, 0.6) is 0 Å². The fourth-order valence-corrected chi connectivity index (χ4v) is 2.58. The molecule has 7 nitrogen and oxygen atoms in total. The van der Waals surface area contributed by atoms with Crippen LogP contribution in [0.2, 0.25) is 0 Å². The predicted octanol–water partition coefficient (Wildman–Crippen LogP) is 2.18. The number of anilines is 1. The molecule has 1 aliphatic heterocycles. The maximum Gasteiger partial charge on any atom is 0.305 e. The fraction of sp³-hybridized carbons (Fsp3) is 0.417. The molecule has 1 aromatic carbocycles. The van der Waals surface area contributed by atoms with Gasteiger partial charge in [0.05, 0.1) is 41.1 Å². The molecule has 1 unspecified atom stereocenters. The van der Waals surface area contributed by atoms with Crippen LogP contribution in [-0.4, -0.2) is 41.8 Å². The van der Waals surface area contributed by atoms with Crippen molar-refractivity contribution in [2.24, 2.45) is 0 Å². The van der Waals surface area contributed by atoms with E-state index in [1.54, 1.807) is 4.90 Å². The summed E-state index contributed by atoms with van der Waals surface area (Å²) >= 11 is 2.99. The van der Waals surface area contributed by atoms with Gasteiger partial charge in [-0.15, -0.1) is 0 Å². The van der Waals surface area contributed by atoms with Crippen LogP contribution in [0.1, 0.15) is 6.42 Å². The Morgan fingerprint density at radius 1 is 1.62 bits per heavy atom. The minimum Gasteiger partial charge on any atom is -0.481 e. The van der Waals surface area contributed by atoms with Gasteiger partial charge in [0.2, 0.25) is 0 Å². The zero-order valence-corrected chi connectivity index (χ0v) is 12.4. The summed E-state index contributed by atoms with van der Waals surface area (Å²) in [5, 5.41) is 20.0. The summed E-state index contributed by atoms with van der Waals surface area (Å²) < 4.78 is 18.8. The summed E-state index contributed by atoms with van der Waals surface area (Å²) in [6, 6.07) is 1.59. The summed E-state index contributed by atoms with van der Waals surface area (Å²) in [6.45, 7) is 0.775. The number of hydrogen-bond acceptors (Lipinski definition) is 5. The van der Waals surface area contributed by atoms with Gasteiger partial charge in [0, 0.05) is 6.54 Å². The zero-order valence-electron chi connectivity index (χ0n) is 10.8. The first kappa shape index (κ1) is 15.6. The lowest BCUT2D eigenvalue weighted by molar-refractivity contribution is -0.384. The molecule has 1 atom stereocenters. The lowest BCUT2D eigenvalue weighted by Gasteiger charge is -2.36. The molecule has 0 aromatic heterocycles. The van der Waals surface area contributed by atoms with Gasteiger partial charge in [-0.1, -0.05) is 0 Å². The highest BCUT2D eigenvalue weighted by Gasteiger charge is 2.31. The molecule has 21 heavy (non-hydrogen) atoms. The van der Waals surface area contributed by atoms with Crippen LogP contribution in [0.25, 0.3) is 0 Å². The smallest absolute Gasteiger partial charge is 0.305 e. The molecule has 0 bridgehead atoms. The Kier molecular flexibility index (Phi) is 4.73. The highest BCUT2D eigenvalue weighted by Crippen LogP contribution is 2.35. The van der Waals surface area contributed by atoms with Gasteiger partial charge in [0.1, 0.15) is 11.5 Å². The minimum atomic E-state index is -1.03. The van der Waals surface area contributed by atoms with E-state index in [0.717, 1.165) is 6.07 Å². The van der Waals surface area contributed by atoms with E-state index >= 15 is 0 Å². The molecule has 1 aliphatic rings. The van der Waals surface area contributed by atoms with E-state index < -0.39 is 28.4 Å². The molecular formula is C12H12BrFN2O5. The molecule has 1 aromatic rings. The van der Waals surface area contributed by atoms with Crippen molar-refractivity contribution < 1.29 is 24.0 Å². The Bertz CT molecular complexity index is 583. The van der Waals surface area contributed by atoms with Crippen molar-refractivity contribution in [3.8, 4) is 0 Å². The molecule has 1 saturated heterocycles. The third-order valence-corrected chi connectivity index (χ3v) is 3.77. The van der Waals surface area contributed by atoms with Gasteiger partial charge >= 0.3 is 5.97 Å². The Morgan fingerprint density at radius 3 is 2.95 bits per heavy atom. The molecule has 0 radical (unpaired) electrons. The first-order chi connectivity index (χ1) is 9.90. The standard InChI is InChI=1S/C12H12BrFN2O5/c13-8-4-10(11(16(19)20)5-9(8)14)15-1-2-21-6-7(15)3-12(17)18/h4-5,7H,1-3,6H2,(H,17,18). The Balaban J connectivity index is 2.44. The number of ether oxygens (including phenoxy) is 1. The minimum absolute atomic E-state index is 0.0867. The fourth-order valence-electron chi connectivity index (χ4n) is 2.24. The van der Waals surface area contributed by atoms with Crippen LogP contribution in [0, 0.1) is 15.9 Å². The van der Waals surface area contributed by atoms with Gasteiger partial charge in [-0.25, -0.2) is 4.39 Å². The van der Waals surface area contributed by atoms with E-state index in [1.165, 1.54) is 6.07 Å². The van der Waals surface area contributed by atoms with Crippen LogP contribution in [0.3, 0.4) is 0 Å². The summed E-state index contributed by atoms with van der Waals surface area (Å²) in [5.74, 6) is -1.77. The normalized spacial score (nSPS) is 18.6. The van der Waals surface area contributed by atoms with Gasteiger partial charge in [0.25, 0.3) is 5.69 Å². The predicted molar refractivity (Wildman–Crippen MR) is 75.0 cm³/mol. The van der Waals surface area contributed by atoms with E-state index in [0.29, 0.717) is 13.2 Å². The molecule has 0 spiro atoms. The number of nitrogens with zero attached hydrogens (tertiary/aromatic N) is 2. The van der Waals surface area contributed by atoms with Gasteiger partial charge in [-0.3, -0.25) is 14.9 Å². The van der Waals surface area contributed by atoms with Gasteiger partial charge < -0.3 is 14.7 Å². The van der Waals surface area contributed by atoms with Crippen molar-refractivity contribution in [2.45, 2.75) is 12.5 Å². The third-order valence-electron chi connectivity index (χ3n) is 3.16. The largest absolute Gasteiger partial charge is 0.481 e. The van der Waals surface area contributed by atoms with Gasteiger partial charge in [0.15, 0.2) is 0 Å². The van der Waals surface area contributed by atoms with E-state index in [4.69, 9.17) is 9.84 Å². The van der Waals surface area contributed by atoms with Crippen molar-refractivity contribution >= 4 is 33.3 Å². The highest BCUT2D eigenvalue weighted by molar-refractivity contribution is 9.10. The number of carboxylic acids is 1. The number of halogens is 2. The number of nitro groups is 1. The van der Waals surface area contributed by atoms with Crippen molar-refractivity contribution in [3.05, 3.63) is 32.5 Å². The number of benzene rings is 1.